The van der Waals surface area contributed by atoms with Gasteiger partial charge in [0.05, 0.1) is 0 Å². The molecule has 0 aliphatic carbocycles. The van der Waals surface area contributed by atoms with Gasteiger partial charge in [0, 0.05) is 6.04 Å². The molecule has 0 aromatic rings. The number of allylic oxidation sites excluding steroid dienone is 2. The molecule has 1 atom stereocenters. The van der Waals surface area contributed by atoms with Crippen molar-refractivity contribution in [2.24, 2.45) is 5.73 Å². The molecule has 2 N–H and O–H groups in total. The molecular formula is C15H27N. The fourth-order valence-electron chi connectivity index (χ4n) is 1.47. The van der Waals surface area contributed by atoms with E-state index in [2.05, 4.69) is 37.0 Å². The highest BCUT2D eigenvalue weighted by molar-refractivity contribution is 4.87. The predicted octanol–water partition coefficient (Wildman–Crippen LogP) is 4.35. The van der Waals surface area contributed by atoms with Crippen LogP contribution in [-0.2, 0) is 0 Å². The summed E-state index contributed by atoms with van der Waals surface area (Å²) in [4.78, 5) is 0. The van der Waals surface area contributed by atoms with Crippen LogP contribution in [0, 0.1) is 0 Å². The van der Waals surface area contributed by atoms with Crippen LogP contribution in [0.1, 0.15) is 58.8 Å². The molecule has 0 aliphatic heterocycles. The number of nitrogens with two attached hydrogens (primary N) is 1. The highest BCUT2D eigenvalue weighted by Crippen LogP contribution is 2.01. The Kier molecular flexibility index (Phi) is 11.7. The van der Waals surface area contributed by atoms with Gasteiger partial charge in [-0.2, -0.15) is 0 Å². The van der Waals surface area contributed by atoms with Crippen LogP contribution < -0.4 is 5.73 Å². The van der Waals surface area contributed by atoms with Crippen molar-refractivity contribution < 1.29 is 0 Å². The predicted molar refractivity (Wildman–Crippen MR) is 73.4 cm³/mol. The van der Waals surface area contributed by atoms with Crippen molar-refractivity contribution in [2.45, 2.75) is 64.8 Å². The Morgan fingerprint density at radius 1 is 1.19 bits per heavy atom. The summed E-state index contributed by atoms with van der Waals surface area (Å²) in [6.07, 6.45) is 16.6. The summed E-state index contributed by atoms with van der Waals surface area (Å²) in [6.45, 7) is 4.26. The zero-order chi connectivity index (χ0) is 12.1. The average Bonchev–Trinajstić information content (AvgIpc) is 2.30. The maximum atomic E-state index is 5.93. The molecule has 0 fully saturated rings. The van der Waals surface area contributed by atoms with Crippen molar-refractivity contribution in [3.8, 4) is 0 Å². The quantitative estimate of drug-likeness (QED) is 0.349. The van der Waals surface area contributed by atoms with Gasteiger partial charge in [-0.3, -0.25) is 0 Å². The molecule has 0 amide bonds. The van der Waals surface area contributed by atoms with Gasteiger partial charge < -0.3 is 5.73 Å². The molecule has 0 spiro atoms. The zero-order valence-electron chi connectivity index (χ0n) is 10.9. The van der Waals surface area contributed by atoms with E-state index in [-0.39, 0.29) is 0 Å². The van der Waals surface area contributed by atoms with Gasteiger partial charge in [0.2, 0.25) is 0 Å². The Bertz CT molecular complexity index is 222. The topological polar surface area (TPSA) is 26.0 Å². The Hall–Kier alpha value is -0.780. The van der Waals surface area contributed by atoms with Crippen molar-refractivity contribution in [1.29, 1.82) is 0 Å². The fourth-order valence-corrected chi connectivity index (χ4v) is 1.47. The smallest absolute Gasteiger partial charge is 0.00765 e. The zero-order valence-corrected chi connectivity index (χ0v) is 10.9. The van der Waals surface area contributed by atoms with E-state index < -0.39 is 0 Å². The maximum Gasteiger partial charge on any atom is 0.00765 e. The molecule has 0 rings (SSSR count). The summed E-state index contributed by atoms with van der Waals surface area (Å²) < 4.78 is 0. The first-order chi connectivity index (χ1) is 7.81. The lowest BCUT2D eigenvalue weighted by molar-refractivity contribution is 0.628. The molecule has 0 heterocycles. The fraction of sp³-hybridized carbons (Fsp3) is 0.667. The summed E-state index contributed by atoms with van der Waals surface area (Å²) in [5.41, 5.74) is 9.16. The minimum absolute atomic E-state index is 0.300. The molecular weight excluding hydrogens is 194 g/mol. The molecule has 0 saturated heterocycles. The van der Waals surface area contributed by atoms with E-state index in [4.69, 9.17) is 5.73 Å². The molecule has 0 aliphatic rings. The number of rotatable bonds is 9. The first-order valence-electron chi connectivity index (χ1n) is 6.57. The van der Waals surface area contributed by atoms with E-state index in [1.807, 2.05) is 6.92 Å². The molecule has 16 heavy (non-hydrogen) atoms. The number of unbranched alkanes of at least 4 members (excludes halogenated alkanes) is 3. The molecule has 0 aromatic heterocycles. The molecule has 0 aromatic carbocycles. The Morgan fingerprint density at radius 2 is 1.94 bits per heavy atom. The first-order valence-corrected chi connectivity index (χ1v) is 6.57. The third-order valence-electron chi connectivity index (χ3n) is 2.54. The Labute approximate surface area is 101 Å². The Morgan fingerprint density at radius 3 is 2.62 bits per heavy atom. The summed E-state index contributed by atoms with van der Waals surface area (Å²) in [6, 6.07) is 0.300. The van der Waals surface area contributed by atoms with Crippen molar-refractivity contribution in [2.75, 3.05) is 0 Å². The van der Waals surface area contributed by atoms with Gasteiger partial charge in [0.1, 0.15) is 0 Å². The van der Waals surface area contributed by atoms with Gasteiger partial charge in [0.15, 0.2) is 0 Å². The molecule has 1 heteroatoms. The van der Waals surface area contributed by atoms with Crippen LogP contribution in [0.25, 0.3) is 0 Å². The molecule has 92 valence electrons. The SMILES string of the molecule is C/C=C/C[C@@H](N)CCC=C=CCCCCC. The monoisotopic (exact) mass is 221 g/mol. The molecule has 0 bridgehead atoms. The lowest BCUT2D eigenvalue weighted by Crippen LogP contribution is -2.18. The lowest BCUT2D eigenvalue weighted by Gasteiger charge is -2.05. The first kappa shape index (κ1) is 15.2. The average molecular weight is 221 g/mol. The van der Waals surface area contributed by atoms with Crippen molar-refractivity contribution >= 4 is 0 Å². The van der Waals surface area contributed by atoms with Crippen LogP contribution in [0.5, 0.6) is 0 Å². The van der Waals surface area contributed by atoms with Crippen LogP contribution in [0.4, 0.5) is 0 Å². The third kappa shape index (κ3) is 11.3. The summed E-state index contributed by atoms with van der Waals surface area (Å²) in [5, 5.41) is 0. The van der Waals surface area contributed by atoms with E-state index in [9.17, 15) is 0 Å². The van der Waals surface area contributed by atoms with E-state index in [0.717, 1.165) is 25.7 Å². The second kappa shape index (κ2) is 12.3. The summed E-state index contributed by atoms with van der Waals surface area (Å²) >= 11 is 0. The molecule has 1 nitrogen and oxygen atoms in total. The Balaban J connectivity index is 3.44. The van der Waals surface area contributed by atoms with Crippen LogP contribution >= 0.6 is 0 Å². The van der Waals surface area contributed by atoms with Crippen molar-refractivity contribution in [1.82, 2.24) is 0 Å². The second-order valence-corrected chi connectivity index (χ2v) is 4.21. The van der Waals surface area contributed by atoms with Crippen LogP contribution in [-0.4, -0.2) is 6.04 Å². The highest BCUT2D eigenvalue weighted by Gasteiger charge is 1.96. The molecule has 0 saturated carbocycles. The van der Waals surface area contributed by atoms with Crippen LogP contribution in [0.3, 0.4) is 0 Å². The number of hydrogen-bond donors (Lipinski definition) is 1. The second-order valence-electron chi connectivity index (χ2n) is 4.21. The number of hydrogen-bond acceptors (Lipinski definition) is 1. The van der Waals surface area contributed by atoms with Crippen molar-refractivity contribution in [3.05, 3.63) is 30.0 Å². The van der Waals surface area contributed by atoms with Gasteiger partial charge in [-0.15, -0.1) is 5.73 Å². The van der Waals surface area contributed by atoms with E-state index in [1.54, 1.807) is 0 Å². The standard InChI is InChI=1S/C15H27N/c1-3-5-7-8-9-10-11-12-14-15(16)13-6-4-2/h4,6,9,11,15H,3,5,7-8,12-14,16H2,1-2H3/b6-4+/t10?,15-/m1/s1. The van der Waals surface area contributed by atoms with Gasteiger partial charge in [0.25, 0.3) is 0 Å². The summed E-state index contributed by atoms with van der Waals surface area (Å²) in [7, 11) is 0. The van der Waals surface area contributed by atoms with Gasteiger partial charge >= 0.3 is 0 Å². The normalized spacial score (nSPS) is 12.4. The largest absolute Gasteiger partial charge is 0.327 e. The lowest BCUT2D eigenvalue weighted by atomic mass is 10.1. The minimum Gasteiger partial charge on any atom is -0.327 e. The molecule has 0 radical (unpaired) electrons. The molecule has 0 unspecified atom stereocenters. The van der Waals surface area contributed by atoms with Gasteiger partial charge in [-0.05, 0) is 51.2 Å². The van der Waals surface area contributed by atoms with Gasteiger partial charge in [-0.25, -0.2) is 0 Å². The van der Waals surface area contributed by atoms with Crippen molar-refractivity contribution in [3.63, 3.8) is 0 Å². The van der Waals surface area contributed by atoms with E-state index >= 15 is 0 Å². The third-order valence-corrected chi connectivity index (χ3v) is 2.54. The van der Waals surface area contributed by atoms with E-state index in [1.165, 1.54) is 19.3 Å². The van der Waals surface area contributed by atoms with Gasteiger partial charge in [-0.1, -0.05) is 31.9 Å². The highest BCUT2D eigenvalue weighted by atomic mass is 14.6. The van der Waals surface area contributed by atoms with Crippen LogP contribution in [0.2, 0.25) is 0 Å². The van der Waals surface area contributed by atoms with E-state index in [0.29, 0.717) is 6.04 Å². The maximum absolute atomic E-state index is 5.93. The minimum atomic E-state index is 0.300. The van der Waals surface area contributed by atoms with Crippen LogP contribution in [0.15, 0.2) is 30.0 Å². The summed E-state index contributed by atoms with van der Waals surface area (Å²) in [5.74, 6) is 0.